The first-order valence-electron chi connectivity index (χ1n) is 6.80. The zero-order chi connectivity index (χ0) is 15.1. The standard InChI is InChI=1S/C14H19ClN4OS/c1-3-6-16-12-7-13(19-14(18-12)9-20-2)17-8-10-4-5-11(15)21-10/h4-5,7H,3,6,8-9H2,1-2H3,(H2,16,17,18,19). The van der Waals surface area contributed by atoms with E-state index in [4.69, 9.17) is 16.3 Å². The number of aromatic nitrogens is 2. The van der Waals surface area contributed by atoms with Crippen molar-refractivity contribution in [3.05, 3.63) is 33.2 Å². The summed E-state index contributed by atoms with van der Waals surface area (Å²) < 4.78 is 5.90. The summed E-state index contributed by atoms with van der Waals surface area (Å²) in [6.45, 7) is 4.07. The highest BCUT2D eigenvalue weighted by atomic mass is 35.5. The SMILES string of the molecule is CCCNc1cc(NCc2ccc(Cl)s2)nc(COC)n1. The molecule has 2 aromatic heterocycles. The van der Waals surface area contributed by atoms with Gasteiger partial charge in [-0.05, 0) is 18.6 Å². The van der Waals surface area contributed by atoms with Crippen LogP contribution in [-0.2, 0) is 17.9 Å². The Balaban J connectivity index is 2.07. The first-order valence-corrected chi connectivity index (χ1v) is 7.99. The maximum Gasteiger partial charge on any atom is 0.158 e. The van der Waals surface area contributed by atoms with Crippen LogP contribution in [0.3, 0.4) is 0 Å². The summed E-state index contributed by atoms with van der Waals surface area (Å²) in [5.74, 6) is 2.25. The molecule has 0 aromatic carbocycles. The first kappa shape index (κ1) is 16.0. The number of ether oxygens (including phenoxy) is 1. The van der Waals surface area contributed by atoms with Gasteiger partial charge in [-0.3, -0.25) is 0 Å². The Kier molecular flexibility index (Phi) is 6.22. The van der Waals surface area contributed by atoms with E-state index in [1.54, 1.807) is 18.4 Å². The van der Waals surface area contributed by atoms with Gasteiger partial charge < -0.3 is 15.4 Å². The lowest BCUT2D eigenvalue weighted by Crippen LogP contribution is -2.09. The number of hydrogen-bond acceptors (Lipinski definition) is 6. The van der Waals surface area contributed by atoms with E-state index in [9.17, 15) is 0 Å². The van der Waals surface area contributed by atoms with Gasteiger partial charge in [-0.1, -0.05) is 18.5 Å². The number of nitrogens with one attached hydrogen (secondary N) is 2. The molecule has 2 N–H and O–H groups in total. The van der Waals surface area contributed by atoms with Gasteiger partial charge in [0.25, 0.3) is 0 Å². The van der Waals surface area contributed by atoms with Gasteiger partial charge in [0.1, 0.15) is 18.2 Å². The Morgan fingerprint density at radius 3 is 2.62 bits per heavy atom. The molecule has 0 aliphatic carbocycles. The molecule has 0 bridgehead atoms. The normalized spacial score (nSPS) is 10.6. The van der Waals surface area contributed by atoms with E-state index in [-0.39, 0.29) is 0 Å². The van der Waals surface area contributed by atoms with E-state index in [1.807, 2.05) is 18.2 Å². The molecule has 0 aliphatic rings. The molecule has 2 aromatic rings. The van der Waals surface area contributed by atoms with Gasteiger partial charge in [-0.25, -0.2) is 9.97 Å². The third kappa shape index (κ3) is 5.15. The maximum atomic E-state index is 5.93. The van der Waals surface area contributed by atoms with E-state index in [1.165, 1.54) is 0 Å². The maximum absolute atomic E-state index is 5.93. The molecule has 0 spiro atoms. The summed E-state index contributed by atoms with van der Waals surface area (Å²) in [6.07, 6.45) is 1.04. The molecule has 0 saturated carbocycles. The van der Waals surface area contributed by atoms with Crippen LogP contribution in [0.2, 0.25) is 4.34 Å². The molecule has 0 unspecified atom stereocenters. The molecule has 0 fully saturated rings. The van der Waals surface area contributed by atoms with E-state index in [2.05, 4.69) is 27.5 Å². The molecule has 21 heavy (non-hydrogen) atoms. The van der Waals surface area contributed by atoms with Crippen LogP contribution < -0.4 is 10.6 Å². The van der Waals surface area contributed by atoms with Gasteiger partial charge in [0.05, 0.1) is 10.9 Å². The smallest absolute Gasteiger partial charge is 0.158 e. The van der Waals surface area contributed by atoms with Crippen molar-refractivity contribution in [3.8, 4) is 0 Å². The van der Waals surface area contributed by atoms with Crippen molar-refractivity contribution in [2.24, 2.45) is 0 Å². The van der Waals surface area contributed by atoms with E-state index in [0.717, 1.165) is 33.8 Å². The molecular weight excluding hydrogens is 308 g/mol. The highest BCUT2D eigenvalue weighted by Gasteiger charge is 2.05. The van der Waals surface area contributed by atoms with Crippen LogP contribution in [0.1, 0.15) is 24.0 Å². The summed E-state index contributed by atoms with van der Waals surface area (Å²) >= 11 is 7.49. The van der Waals surface area contributed by atoms with Crippen LogP contribution in [0, 0.1) is 0 Å². The molecular formula is C14H19ClN4OS. The highest BCUT2D eigenvalue weighted by molar-refractivity contribution is 7.16. The topological polar surface area (TPSA) is 59.1 Å². The summed E-state index contributed by atoms with van der Waals surface area (Å²) in [5, 5.41) is 6.57. The second-order valence-electron chi connectivity index (χ2n) is 4.47. The van der Waals surface area contributed by atoms with Crippen LogP contribution in [-0.4, -0.2) is 23.6 Å². The average molecular weight is 327 g/mol. The lowest BCUT2D eigenvalue weighted by molar-refractivity contribution is 0.178. The predicted octanol–water partition coefficient (Wildman–Crippen LogP) is 3.77. The Bertz CT molecular complexity index is 576. The largest absolute Gasteiger partial charge is 0.377 e. The Morgan fingerprint density at radius 2 is 2.00 bits per heavy atom. The molecule has 0 amide bonds. The summed E-state index contributed by atoms with van der Waals surface area (Å²) in [5.41, 5.74) is 0. The van der Waals surface area contributed by atoms with Gasteiger partial charge in [-0.15, -0.1) is 11.3 Å². The Hall–Kier alpha value is -1.37. The number of nitrogens with zero attached hydrogens (tertiary/aromatic N) is 2. The van der Waals surface area contributed by atoms with Crippen LogP contribution in [0.15, 0.2) is 18.2 Å². The van der Waals surface area contributed by atoms with Gasteiger partial charge >= 0.3 is 0 Å². The summed E-state index contributed by atoms with van der Waals surface area (Å²) in [6, 6.07) is 5.81. The van der Waals surface area contributed by atoms with Crippen LogP contribution in [0.25, 0.3) is 0 Å². The third-order valence-electron chi connectivity index (χ3n) is 2.67. The number of halogens is 1. The zero-order valence-corrected chi connectivity index (χ0v) is 13.7. The fourth-order valence-corrected chi connectivity index (χ4v) is 2.78. The molecule has 0 atom stereocenters. The number of thiophene rings is 1. The predicted molar refractivity (Wildman–Crippen MR) is 88.2 cm³/mol. The molecule has 114 valence electrons. The number of rotatable bonds is 8. The molecule has 2 heterocycles. The van der Waals surface area contributed by atoms with Crippen LogP contribution >= 0.6 is 22.9 Å². The molecule has 0 aliphatic heterocycles. The zero-order valence-electron chi connectivity index (χ0n) is 12.1. The van der Waals surface area contributed by atoms with Crippen LogP contribution in [0.4, 0.5) is 11.6 Å². The van der Waals surface area contributed by atoms with E-state index < -0.39 is 0 Å². The van der Waals surface area contributed by atoms with Gasteiger partial charge in [0, 0.05) is 24.6 Å². The minimum absolute atomic E-state index is 0.390. The molecule has 2 rings (SSSR count). The van der Waals surface area contributed by atoms with Gasteiger partial charge in [0.2, 0.25) is 0 Å². The van der Waals surface area contributed by atoms with E-state index in [0.29, 0.717) is 19.0 Å². The number of methoxy groups -OCH3 is 1. The Morgan fingerprint density at radius 1 is 1.24 bits per heavy atom. The van der Waals surface area contributed by atoms with Crippen molar-refractivity contribution in [1.29, 1.82) is 0 Å². The first-order chi connectivity index (χ1) is 10.2. The minimum Gasteiger partial charge on any atom is -0.377 e. The van der Waals surface area contributed by atoms with Crippen molar-refractivity contribution in [3.63, 3.8) is 0 Å². The van der Waals surface area contributed by atoms with Crippen molar-refractivity contribution < 1.29 is 4.74 Å². The fourth-order valence-electron chi connectivity index (χ4n) is 1.75. The molecule has 0 radical (unpaired) electrons. The molecule has 5 nitrogen and oxygen atoms in total. The fraction of sp³-hybridized carbons (Fsp3) is 0.429. The van der Waals surface area contributed by atoms with Crippen LogP contribution in [0.5, 0.6) is 0 Å². The van der Waals surface area contributed by atoms with Gasteiger partial charge in [-0.2, -0.15) is 0 Å². The van der Waals surface area contributed by atoms with Gasteiger partial charge in [0.15, 0.2) is 5.82 Å². The van der Waals surface area contributed by atoms with Crippen molar-refractivity contribution in [2.75, 3.05) is 24.3 Å². The van der Waals surface area contributed by atoms with Crippen molar-refractivity contribution in [1.82, 2.24) is 9.97 Å². The summed E-state index contributed by atoms with van der Waals surface area (Å²) in [7, 11) is 1.64. The molecule has 0 saturated heterocycles. The Labute approximate surface area is 133 Å². The number of hydrogen-bond donors (Lipinski definition) is 2. The lowest BCUT2D eigenvalue weighted by Gasteiger charge is -2.10. The monoisotopic (exact) mass is 326 g/mol. The van der Waals surface area contributed by atoms with Crippen molar-refractivity contribution >= 4 is 34.6 Å². The summed E-state index contributed by atoms with van der Waals surface area (Å²) in [4.78, 5) is 10.0. The van der Waals surface area contributed by atoms with Crippen molar-refractivity contribution in [2.45, 2.75) is 26.5 Å². The second kappa shape index (κ2) is 8.17. The number of anilines is 2. The molecule has 7 heteroatoms. The second-order valence-corrected chi connectivity index (χ2v) is 6.27. The third-order valence-corrected chi connectivity index (χ3v) is 3.91. The van der Waals surface area contributed by atoms with E-state index >= 15 is 0 Å². The highest BCUT2D eigenvalue weighted by Crippen LogP contribution is 2.22. The average Bonchev–Trinajstić information content (AvgIpc) is 2.89. The lowest BCUT2D eigenvalue weighted by atomic mass is 10.4. The minimum atomic E-state index is 0.390. The quantitative estimate of drug-likeness (QED) is 0.773.